The molecule has 0 unspecified atom stereocenters. The van der Waals surface area contributed by atoms with Crippen molar-refractivity contribution in [3.05, 3.63) is 64.2 Å². The summed E-state index contributed by atoms with van der Waals surface area (Å²) in [6, 6.07) is 15.4. The van der Waals surface area contributed by atoms with E-state index in [0.29, 0.717) is 0 Å². The van der Waals surface area contributed by atoms with Gasteiger partial charge in [0.05, 0.1) is 4.92 Å². The van der Waals surface area contributed by atoms with E-state index in [2.05, 4.69) is 6.07 Å². The van der Waals surface area contributed by atoms with Crippen LogP contribution in [0.15, 0.2) is 42.5 Å². The molecule has 0 bridgehead atoms. The van der Waals surface area contributed by atoms with E-state index in [4.69, 9.17) is 0 Å². The van der Waals surface area contributed by atoms with Gasteiger partial charge in [-0.05, 0) is 36.2 Å². The molecule has 0 aliphatic carbocycles. The van der Waals surface area contributed by atoms with Gasteiger partial charge in [-0.25, -0.2) is 0 Å². The molecule has 3 nitrogen and oxygen atoms in total. The molecule has 0 N–H and O–H groups in total. The highest BCUT2D eigenvalue weighted by atomic mass is 16.6. The zero-order chi connectivity index (χ0) is 11.5. The maximum absolute atomic E-state index is 10.5. The van der Waals surface area contributed by atoms with Crippen molar-refractivity contribution < 1.29 is 4.92 Å². The molecule has 2 rings (SSSR count). The van der Waals surface area contributed by atoms with Crippen LogP contribution in [0.5, 0.6) is 0 Å². The number of rotatable bonds is 2. The molecular weight excluding hydrogens is 202 g/mol. The highest BCUT2D eigenvalue weighted by Gasteiger charge is 2.04. The third kappa shape index (κ3) is 2.08. The average Bonchev–Trinajstić information content (AvgIpc) is 2.29. The molecule has 2 aromatic carbocycles. The predicted octanol–water partition coefficient (Wildman–Crippen LogP) is 3.37. The fourth-order valence-corrected chi connectivity index (χ4v) is 1.51. The van der Waals surface area contributed by atoms with Crippen LogP contribution >= 0.6 is 0 Å². The lowest BCUT2D eigenvalue weighted by atomic mass is 10.0. The Morgan fingerprint density at radius 2 is 1.88 bits per heavy atom. The molecule has 0 aromatic heterocycles. The lowest BCUT2D eigenvalue weighted by molar-refractivity contribution is -0.384. The van der Waals surface area contributed by atoms with E-state index in [0.717, 1.165) is 16.7 Å². The largest absolute Gasteiger partial charge is 0.269 e. The summed E-state index contributed by atoms with van der Waals surface area (Å²) in [5.41, 5.74) is 3.15. The molecule has 0 saturated carbocycles. The predicted molar refractivity (Wildman–Crippen MR) is 62.1 cm³/mol. The van der Waals surface area contributed by atoms with E-state index < -0.39 is 4.92 Å². The standard InChI is InChI=1S/C13H10NO2/c1-10-3-2-4-12(9-10)11-5-7-13(8-6-11)14(15)16/h2-3,5-9H,1H3. The second kappa shape index (κ2) is 4.14. The number of aryl methyl sites for hydroxylation is 1. The summed E-state index contributed by atoms with van der Waals surface area (Å²) in [6.07, 6.45) is 0. The van der Waals surface area contributed by atoms with Gasteiger partial charge in [0.1, 0.15) is 0 Å². The first-order valence-corrected chi connectivity index (χ1v) is 4.90. The van der Waals surface area contributed by atoms with Crippen LogP contribution in [0.4, 0.5) is 5.69 Å². The highest BCUT2D eigenvalue weighted by Crippen LogP contribution is 2.22. The van der Waals surface area contributed by atoms with Crippen molar-refractivity contribution in [3.63, 3.8) is 0 Å². The topological polar surface area (TPSA) is 43.1 Å². The lowest BCUT2D eigenvalue weighted by Gasteiger charge is -2.01. The maximum Gasteiger partial charge on any atom is 0.269 e. The third-order valence-electron chi connectivity index (χ3n) is 2.35. The zero-order valence-corrected chi connectivity index (χ0v) is 8.81. The fourth-order valence-electron chi connectivity index (χ4n) is 1.51. The van der Waals surface area contributed by atoms with Crippen molar-refractivity contribution >= 4 is 5.69 Å². The zero-order valence-electron chi connectivity index (χ0n) is 8.81. The molecule has 79 valence electrons. The number of nitro benzene ring substituents is 1. The number of benzene rings is 2. The Bertz CT molecular complexity index is 518. The number of hydrogen-bond acceptors (Lipinski definition) is 2. The smallest absolute Gasteiger partial charge is 0.258 e. The Kier molecular flexibility index (Phi) is 2.68. The van der Waals surface area contributed by atoms with Crippen molar-refractivity contribution in [1.82, 2.24) is 0 Å². The molecule has 0 atom stereocenters. The maximum atomic E-state index is 10.5. The van der Waals surface area contributed by atoms with Gasteiger partial charge in [-0.15, -0.1) is 0 Å². The van der Waals surface area contributed by atoms with Gasteiger partial charge in [0.2, 0.25) is 0 Å². The number of nitrogens with zero attached hydrogens (tertiary/aromatic N) is 1. The van der Waals surface area contributed by atoms with E-state index in [1.165, 1.54) is 12.1 Å². The van der Waals surface area contributed by atoms with Crippen molar-refractivity contribution in [2.45, 2.75) is 6.92 Å². The molecule has 2 aromatic rings. The molecule has 0 fully saturated rings. The van der Waals surface area contributed by atoms with Gasteiger partial charge >= 0.3 is 0 Å². The van der Waals surface area contributed by atoms with Crippen LogP contribution in [-0.2, 0) is 0 Å². The highest BCUT2D eigenvalue weighted by molar-refractivity contribution is 5.64. The van der Waals surface area contributed by atoms with Crippen LogP contribution in [0.3, 0.4) is 0 Å². The number of hydrogen-bond donors (Lipinski definition) is 0. The van der Waals surface area contributed by atoms with E-state index in [1.807, 2.05) is 25.1 Å². The van der Waals surface area contributed by atoms with Gasteiger partial charge in [0, 0.05) is 12.1 Å². The van der Waals surface area contributed by atoms with Crippen LogP contribution in [0.25, 0.3) is 11.1 Å². The summed E-state index contributed by atoms with van der Waals surface area (Å²) in [7, 11) is 0. The molecule has 0 amide bonds. The van der Waals surface area contributed by atoms with Crippen molar-refractivity contribution in [3.8, 4) is 11.1 Å². The van der Waals surface area contributed by atoms with Gasteiger partial charge in [-0.3, -0.25) is 10.1 Å². The average molecular weight is 212 g/mol. The van der Waals surface area contributed by atoms with Crippen molar-refractivity contribution in [2.24, 2.45) is 0 Å². The number of non-ortho nitro benzene ring substituents is 1. The third-order valence-corrected chi connectivity index (χ3v) is 2.35. The number of nitro groups is 1. The fraction of sp³-hybridized carbons (Fsp3) is 0.0769. The van der Waals surface area contributed by atoms with Crippen LogP contribution in [0.1, 0.15) is 5.56 Å². The van der Waals surface area contributed by atoms with Crippen molar-refractivity contribution in [2.75, 3.05) is 0 Å². The molecule has 16 heavy (non-hydrogen) atoms. The molecule has 0 aliphatic heterocycles. The Labute approximate surface area is 93.5 Å². The van der Waals surface area contributed by atoms with Crippen LogP contribution in [-0.4, -0.2) is 4.92 Å². The van der Waals surface area contributed by atoms with E-state index in [1.54, 1.807) is 12.1 Å². The Morgan fingerprint density at radius 1 is 1.19 bits per heavy atom. The second-order valence-corrected chi connectivity index (χ2v) is 3.58. The molecule has 0 aliphatic rings. The van der Waals surface area contributed by atoms with Gasteiger partial charge in [-0.2, -0.15) is 0 Å². The van der Waals surface area contributed by atoms with Crippen molar-refractivity contribution in [1.29, 1.82) is 0 Å². The quantitative estimate of drug-likeness (QED) is 0.565. The molecule has 0 saturated heterocycles. The molecule has 3 heteroatoms. The van der Waals surface area contributed by atoms with Gasteiger partial charge in [0.15, 0.2) is 0 Å². The van der Waals surface area contributed by atoms with Crippen LogP contribution in [0, 0.1) is 23.1 Å². The summed E-state index contributed by atoms with van der Waals surface area (Å²) >= 11 is 0. The minimum absolute atomic E-state index is 0.108. The molecule has 0 heterocycles. The normalized spacial score (nSPS) is 10.1. The molecular formula is C13H10NO2. The van der Waals surface area contributed by atoms with Crippen LogP contribution in [0.2, 0.25) is 0 Å². The Morgan fingerprint density at radius 3 is 2.44 bits per heavy atom. The minimum Gasteiger partial charge on any atom is -0.258 e. The summed E-state index contributed by atoms with van der Waals surface area (Å²) in [5, 5.41) is 10.5. The van der Waals surface area contributed by atoms with E-state index in [9.17, 15) is 10.1 Å². The van der Waals surface area contributed by atoms with Gasteiger partial charge in [-0.1, -0.05) is 23.8 Å². The summed E-state index contributed by atoms with van der Waals surface area (Å²) < 4.78 is 0. The van der Waals surface area contributed by atoms with E-state index >= 15 is 0 Å². The summed E-state index contributed by atoms with van der Waals surface area (Å²) in [6.45, 7) is 2.00. The molecule has 1 radical (unpaired) electrons. The first-order valence-electron chi connectivity index (χ1n) is 4.90. The van der Waals surface area contributed by atoms with Gasteiger partial charge in [0.25, 0.3) is 5.69 Å². The first-order chi connectivity index (χ1) is 7.66. The van der Waals surface area contributed by atoms with Gasteiger partial charge < -0.3 is 0 Å². The SMILES string of the molecule is Cc1cc[c]c(-c2ccc([N+](=O)[O-])cc2)c1. The summed E-state index contributed by atoms with van der Waals surface area (Å²) in [5.74, 6) is 0. The minimum atomic E-state index is -0.399. The Balaban J connectivity index is 2.38. The van der Waals surface area contributed by atoms with E-state index in [-0.39, 0.29) is 5.69 Å². The monoisotopic (exact) mass is 212 g/mol. The lowest BCUT2D eigenvalue weighted by Crippen LogP contribution is -1.87. The molecule has 0 spiro atoms. The summed E-state index contributed by atoms with van der Waals surface area (Å²) in [4.78, 5) is 10.1. The van der Waals surface area contributed by atoms with Crippen LogP contribution < -0.4 is 0 Å². The Hall–Kier alpha value is -2.16. The second-order valence-electron chi connectivity index (χ2n) is 3.58. The first kappa shape index (κ1) is 10.4.